The predicted octanol–water partition coefficient (Wildman–Crippen LogP) is 1.68. The number of piperidine rings is 1. The van der Waals surface area contributed by atoms with Crippen molar-refractivity contribution in [1.29, 1.82) is 0 Å². The van der Waals surface area contributed by atoms with Gasteiger partial charge in [-0.2, -0.15) is 0 Å². The highest BCUT2D eigenvalue weighted by Gasteiger charge is 2.22. The molecule has 1 aliphatic rings. The van der Waals surface area contributed by atoms with Crippen LogP contribution < -0.4 is 11.2 Å². The van der Waals surface area contributed by atoms with Crippen molar-refractivity contribution in [3.05, 3.63) is 29.3 Å². The number of benzene rings is 1. The quantitative estimate of drug-likeness (QED) is 0.790. The third-order valence-corrected chi connectivity index (χ3v) is 2.96. The molecule has 6 heteroatoms. The van der Waals surface area contributed by atoms with E-state index in [0.717, 1.165) is 31.4 Å². The van der Waals surface area contributed by atoms with Crippen LogP contribution in [0.2, 0.25) is 0 Å². The normalized spacial score (nSPS) is 16.6. The first kappa shape index (κ1) is 12.8. The molecule has 1 fully saturated rings. The Morgan fingerprint density at radius 3 is 2.56 bits per heavy atom. The number of amides is 1. The Labute approximate surface area is 104 Å². The van der Waals surface area contributed by atoms with Crippen LogP contribution in [0, 0.1) is 11.6 Å². The minimum atomic E-state index is -1.01. The fourth-order valence-corrected chi connectivity index (χ4v) is 1.98. The molecule has 0 atom stereocenters. The van der Waals surface area contributed by atoms with Crippen LogP contribution in [0.15, 0.2) is 12.1 Å². The number of hydrogen-bond acceptors (Lipinski definition) is 3. The molecule has 4 nitrogen and oxygen atoms in total. The summed E-state index contributed by atoms with van der Waals surface area (Å²) in [5.74, 6) is -2.71. The van der Waals surface area contributed by atoms with E-state index in [1.165, 1.54) is 0 Å². The van der Waals surface area contributed by atoms with E-state index in [-0.39, 0.29) is 5.69 Å². The number of carbonyl (C=O) groups excluding carboxylic acids is 1. The zero-order chi connectivity index (χ0) is 13.1. The van der Waals surface area contributed by atoms with Crippen LogP contribution in [-0.4, -0.2) is 24.0 Å². The number of nitrogen functional groups attached to an aromatic ring is 1. The van der Waals surface area contributed by atoms with E-state index in [4.69, 9.17) is 5.73 Å². The lowest BCUT2D eigenvalue weighted by Gasteiger charge is -2.26. The topological polar surface area (TPSA) is 58.4 Å². The van der Waals surface area contributed by atoms with Gasteiger partial charge in [-0.3, -0.25) is 10.2 Å². The van der Waals surface area contributed by atoms with Gasteiger partial charge in [0.1, 0.15) is 11.4 Å². The molecule has 0 aliphatic carbocycles. The molecule has 1 heterocycles. The van der Waals surface area contributed by atoms with Crippen LogP contribution in [0.5, 0.6) is 0 Å². The monoisotopic (exact) mass is 255 g/mol. The summed E-state index contributed by atoms with van der Waals surface area (Å²) in [6, 6.07) is 2.09. The van der Waals surface area contributed by atoms with E-state index in [9.17, 15) is 13.6 Å². The first-order chi connectivity index (χ1) is 8.59. The summed E-state index contributed by atoms with van der Waals surface area (Å²) in [5, 5.41) is 1.67. The lowest BCUT2D eigenvalue weighted by molar-refractivity contribution is 0.0741. The molecule has 0 spiro atoms. The minimum Gasteiger partial charge on any atom is -0.396 e. The third kappa shape index (κ3) is 2.59. The average molecular weight is 255 g/mol. The number of nitrogens with zero attached hydrogens (tertiary/aromatic N) is 1. The van der Waals surface area contributed by atoms with Gasteiger partial charge in [-0.1, -0.05) is 6.42 Å². The van der Waals surface area contributed by atoms with Crippen molar-refractivity contribution in [1.82, 2.24) is 10.4 Å². The maximum absolute atomic E-state index is 13.6. The SMILES string of the molecule is Nc1ccc(F)c(C(=O)NN2CCCCC2)c1F. The van der Waals surface area contributed by atoms with Crippen molar-refractivity contribution in [2.75, 3.05) is 18.8 Å². The predicted molar refractivity (Wildman–Crippen MR) is 63.7 cm³/mol. The zero-order valence-electron chi connectivity index (χ0n) is 9.88. The van der Waals surface area contributed by atoms with Crippen LogP contribution >= 0.6 is 0 Å². The number of hydrazine groups is 1. The largest absolute Gasteiger partial charge is 0.396 e. The number of nitrogens with one attached hydrogen (secondary N) is 1. The number of halogens is 2. The number of anilines is 1. The molecule has 1 aromatic rings. The molecular formula is C12H15F2N3O. The molecule has 2 rings (SSSR count). The Kier molecular flexibility index (Phi) is 3.76. The van der Waals surface area contributed by atoms with Gasteiger partial charge >= 0.3 is 0 Å². The fourth-order valence-electron chi connectivity index (χ4n) is 1.98. The first-order valence-corrected chi connectivity index (χ1v) is 5.89. The van der Waals surface area contributed by atoms with Gasteiger partial charge < -0.3 is 5.73 Å². The minimum absolute atomic E-state index is 0.236. The molecule has 1 aliphatic heterocycles. The highest BCUT2D eigenvalue weighted by atomic mass is 19.1. The Morgan fingerprint density at radius 2 is 1.89 bits per heavy atom. The molecule has 0 aromatic heterocycles. The summed E-state index contributed by atoms with van der Waals surface area (Å²) >= 11 is 0. The average Bonchev–Trinajstić information content (AvgIpc) is 2.36. The molecule has 0 bridgehead atoms. The van der Waals surface area contributed by atoms with Crippen molar-refractivity contribution >= 4 is 11.6 Å². The van der Waals surface area contributed by atoms with Gasteiger partial charge in [-0.25, -0.2) is 13.8 Å². The van der Waals surface area contributed by atoms with Gasteiger partial charge in [0.25, 0.3) is 5.91 Å². The lowest BCUT2D eigenvalue weighted by Crippen LogP contribution is -2.45. The summed E-state index contributed by atoms with van der Waals surface area (Å²) in [7, 11) is 0. The summed E-state index contributed by atoms with van der Waals surface area (Å²) in [6.07, 6.45) is 3.03. The number of rotatable bonds is 2. The molecule has 0 saturated carbocycles. The van der Waals surface area contributed by atoms with Gasteiger partial charge in [0.15, 0.2) is 5.82 Å². The maximum Gasteiger partial charge on any atom is 0.271 e. The van der Waals surface area contributed by atoms with E-state index in [1.54, 1.807) is 5.01 Å². The fraction of sp³-hybridized carbons (Fsp3) is 0.417. The zero-order valence-corrected chi connectivity index (χ0v) is 9.88. The molecule has 98 valence electrons. The second kappa shape index (κ2) is 5.30. The molecule has 3 N–H and O–H groups in total. The number of hydrogen-bond donors (Lipinski definition) is 2. The van der Waals surface area contributed by atoms with Crippen molar-refractivity contribution in [2.24, 2.45) is 0 Å². The van der Waals surface area contributed by atoms with E-state index in [1.807, 2.05) is 0 Å². The molecular weight excluding hydrogens is 240 g/mol. The molecule has 0 unspecified atom stereocenters. The summed E-state index contributed by atoms with van der Waals surface area (Å²) in [4.78, 5) is 11.8. The van der Waals surface area contributed by atoms with Gasteiger partial charge in [-0.05, 0) is 25.0 Å². The van der Waals surface area contributed by atoms with Crippen molar-refractivity contribution in [3.8, 4) is 0 Å². The van der Waals surface area contributed by atoms with Gasteiger partial charge in [0.05, 0.1) is 5.69 Å². The van der Waals surface area contributed by atoms with E-state index in [2.05, 4.69) is 5.43 Å². The van der Waals surface area contributed by atoms with Crippen LogP contribution in [0.4, 0.5) is 14.5 Å². The lowest BCUT2D eigenvalue weighted by atomic mass is 10.1. The van der Waals surface area contributed by atoms with E-state index >= 15 is 0 Å². The first-order valence-electron chi connectivity index (χ1n) is 5.89. The molecule has 0 radical (unpaired) electrons. The smallest absolute Gasteiger partial charge is 0.271 e. The second-order valence-corrected chi connectivity index (χ2v) is 4.31. The summed E-state index contributed by atoms with van der Waals surface area (Å²) in [6.45, 7) is 1.38. The van der Waals surface area contributed by atoms with Crippen LogP contribution in [-0.2, 0) is 0 Å². The van der Waals surface area contributed by atoms with E-state index < -0.39 is 23.1 Å². The van der Waals surface area contributed by atoms with E-state index in [0.29, 0.717) is 13.1 Å². The Morgan fingerprint density at radius 1 is 1.22 bits per heavy atom. The Hall–Kier alpha value is -1.69. The van der Waals surface area contributed by atoms with Gasteiger partial charge in [-0.15, -0.1) is 0 Å². The Balaban J connectivity index is 2.15. The molecule has 18 heavy (non-hydrogen) atoms. The molecule has 1 aromatic carbocycles. The second-order valence-electron chi connectivity index (χ2n) is 4.31. The summed E-state index contributed by atoms with van der Waals surface area (Å²) in [5.41, 5.74) is 6.97. The number of carbonyl (C=O) groups is 1. The molecule has 1 saturated heterocycles. The Bertz CT molecular complexity index is 459. The summed E-state index contributed by atoms with van der Waals surface area (Å²) < 4.78 is 27.1. The molecule has 1 amide bonds. The van der Waals surface area contributed by atoms with Crippen LogP contribution in [0.1, 0.15) is 29.6 Å². The van der Waals surface area contributed by atoms with Crippen molar-refractivity contribution in [2.45, 2.75) is 19.3 Å². The van der Waals surface area contributed by atoms with Crippen LogP contribution in [0.25, 0.3) is 0 Å². The van der Waals surface area contributed by atoms with Crippen LogP contribution in [0.3, 0.4) is 0 Å². The maximum atomic E-state index is 13.6. The highest BCUT2D eigenvalue weighted by Crippen LogP contribution is 2.18. The van der Waals surface area contributed by atoms with Crippen molar-refractivity contribution in [3.63, 3.8) is 0 Å². The highest BCUT2D eigenvalue weighted by molar-refractivity contribution is 5.95. The van der Waals surface area contributed by atoms with Gasteiger partial charge in [0.2, 0.25) is 0 Å². The standard InChI is InChI=1S/C12H15F2N3O/c13-8-4-5-9(15)11(14)10(8)12(18)16-17-6-2-1-3-7-17/h4-5H,1-3,6-7,15H2,(H,16,18). The van der Waals surface area contributed by atoms with Gasteiger partial charge in [0, 0.05) is 13.1 Å². The van der Waals surface area contributed by atoms with Crippen molar-refractivity contribution < 1.29 is 13.6 Å². The third-order valence-electron chi connectivity index (χ3n) is 2.96. The number of nitrogens with two attached hydrogens (primary N) is 1.